The van der Waals surface area contributed by atoms with Gasteiger partial charge in [-0.3, -0.25) is 0 Å². The summed E-state index contributed by atoms with van der Waals surface area (Å²) in [5.41, 5.74) is 0. The topological polar surface area (TPSA) is 58.6 Å². The molecule has 0 aromatic carbocycles. The summed E-state index contributed by atoms with van der Waals surface area (Å²) in [5.74, 6) is 0.798. The molecule has 0 bridgehead atoms. The summed E-state index contributed by atoms with van der Waals surface area (Å²) in [6.45, 7) is 19.5. The summed E-state index contributed by atoms with van der Waals surface area (Å²) in [6, 6.07) is 1.84. The lowest BCUT2D eigenvalue weighted by molar-refractivity contribution is 0.0679. The van der Waals surface area contributed by atoms with Crippen LogP contribution in [-0.2, 0) is 26.6 Å². The van der Waals surface area contributed by atoms with E-state index in [1.165, 1.54) is 32.4 Å². The minimum absolute atomic E-state index is 0.650. The lowest BCUT2D eigenvalue weighted by atomic mass is 9.92. The first-order valence-corrected chi connectivity index (χ1v) is 16.9. The van der Waals surface area contributed by atoms with E-state index >= 15 is 0 Å². The Morgan fingerprint density at radius 3 is 1.34 bits per heavy atom. The average Bonchev–Trinajstić information content (AvgIpc) is 2.76. The van der Waals surface area contributed by atoms with Gasteiger partial charge in [-0.05, 0) is 92.8 Å². The molecule has 1 aliphatic rings. The van der Waals surface area contributed by atoms with Gasteiger partial charge in [0, 0.05) is 51.7 Å². The highest BCUT2D eigenvalue weighted by Crippen LogP contribution is 2.27. The molecule has 192 valence electrons. The molecule has 0 atom stereocenters. The van der Waals surface area contributed by atoms with Gasteiger partial charge in [0.05, 0.1) is 0 Å². The highest BCUT2D eigenvalue weighted by molar-refractivity contribution is 6.61. The van der Waals surface area contributed by atoms with Crippen LogP contribution < -0.4 is 0 Å². The molecule has 0 amide bonds. The first-order valence-electron chi connectivity index (χ1n) is 13.1. The second kappa shape index (κ2) is 17.6. The summed E-state index contributed by atoms with van der Waals surface area (Å²) in [7, 11) is -5.00. The van der Waals surface area contributed by atoms with Gasteiger partial charge in [-0.25, -0.2) is 0 Å². The smallest absolute Gasteiger partial charge is 0.374 e. The Morgan fingerprint density at radius 1 is 0.594 bits per heavy atom. The van der Waals surface area contributed by atoms with Crippen LogP contribution in [0.15, 0.2) is 0 Å². The van der Waals surface area contributed by atoms with Gasteiger partial charge in [-0.15, -0.1) is 0 Å². The van der Waals surface area contributed by atoms with Gasteiger partial charge in [-0.1, -0.05) is 6.42 Å². The molecule has 0 saturated carbocycles. The molecular formula is C23H51NO6Si2. The van der Waals surface area contributed by atoms with Gasteiger partial charge in [0.15, 0.2) is 0 Å². The van der Waals surface area contributed by atoms with E-state index in [0.717, 1.165) is 37.4 Å². The van der Waals surface area contributed by atoms with E-state index in [4.69, 9.17) is 26.6 Å². The van der Waals surface area contributed by atoms with Crippen molar-refractivity contribution in [2.75, 3.05) is 59.3 Å². The maximum atomic E-state index is 6.00. The predicted molar refractivity (Wildman–Crippen MR) is 134 cm³/mol. The molecule has 0 aliphatic carbocycles. The van der Waals surface area contributed by atoms with E-state index in [1.807, 2.05) is 41.5 Å². The first-order chi connectivity index (χ1) is 15.5. The van der Waals surface area contributed by atoms with Crippen molar-refractivity contribution in [3.8, 4) is 0 Å². The van der Waals surface area contributed by atoms with Crippen molar-refractivity contribution in [1.82, 2.24) is 4.90 Å². The van der Waals surface area contributed by atoms with Crippen molar-refractivity contribution in [3.63, 3.8) is 0 Å². The maximum absolute atomic E-state index is 6.00. The SMILES string of the molecule is CCO[Si](CCCC1CCN(CCC[Si](OCC)(OCC)OCC)CC1)(OCC)OCC. The fraction of sp³-hybridized carbons (Fsp3) is 1.00. The third kappa shape index (κ3) is 11.1. The number of nitrogens with zero attached hydrogens (tertiary/aromatic N) is 1. The molecule has 32 heavy (non-hydrogen) atoms. The van der Waals surface area contributed by atoms with E-state index in [0.29, 0.717) is 39.6 Å². The number of rotatable bonds is 20. The van der Waals surface area contributed by atoms with Crippen molar-refractivity contribution in [2.24, 2.45) is 5.92 Å². The second-order valence-corrected chi connectivity index (χ2v) is 13.7. The van der Waals surface area contributed by atoms with Crippen molar-refractivity contribution < 1.29 is 26.6 Å². The normalized spacial score (nSPS) is 16.7. The summed E-state index contributed by atoms with van der Waals surface area (Å²) >= 11 is 0. The monoisotopic (exact) mass is 493 g/mol. The Labute approximate surface area is 200 Å². The molecule has 0 radical (unpaired) electrons. The number of hydrogen-bond acceptors (Lipinski definition) is 7. The molecular weight excluding hydrogens is 442 g/mol. The zero-order valence-electron chi connectivity index (χ0n) is 21.8. The van der Waals surface area contributed by atoms with Crippen LogP contribution in [0.1, 0.15) is 73.6 Å². The predicted octanol–water partition coefficient (Wildman–Crippen LogP) is 4.97. The number of likely N-dealkylation sites (tertiary alicyclic amines) is 1. The Hall–Kier alpha value is 0.154. The van der Waals surface area contributed by atoms with E-state index in [2.05, 4.69) is 4.90 Å². The molecule has 0 spiro atoms. The molecule has 0 aromatic rings. The molecule has 1 aliphatic heterocycles. The Balaban J connectivity index is 2.37. The molecule has 1 saturated heterocycles. The summed E-state index contributed by atoms with van der Waals surface area (Å²) in [6.07, 6.45) is 5.99. The molecule has 1 rings (SSSR count). The summed E-state index contributed by atoms with van der Waals surface area (Å²) in [5, 5.41) is 0. The molecule has 0 aromatic heterocycles. The van der Waals surface area contributed by atoms with Gasteiger partial charge >= 0.3 is 17.6 Å². The van der Waals surface area contributed by atoms with E-state index in [9.17, 15) is 0 Å². The van der Waals surface area contributed by atoms with Gasteiger partial charge in [-0.2, -0.15) is 0 Å². The van der Waals surface area contributed by atoms with Crippen LogP contribution in [0.3, 0.4) is 0 Å². The Bertz CT molecular complexity index is 378. The maximum Gasteiger partial charge on any atom is 0.500 e. The molecule has 0 unspecified atom stereocenters. The molecule has 1 fully saturated rings. The molecule has 0 N–H and O–H groups in total. The highest BCUT2D eigenvalue weighted by Gasteiger charge is 2.41. The van der Waals surface area contributed by atoms with Crippen molar-refractivity contribution in [2.45, 2.75) is 85.7 Å². The van der Waals surface area contributed by atoms with Gasteiger partial charge in [0.25, 0.3) is 0 Å². The average molecular weight is 494 g/mol. The van der Waals surface area contributed by atoms with Gasteiger partial charge in [0.2, 0.25) is 0 Å². The second-order valence-electron chi connectivity index (χ2n) is 8.24. The van der Waals surface area contributed by atoms with Crippen molar-refractivity contribution in [3.05, 3.63) is 0 Å². The largest absolute Gasteiger partial charge is 0.500 e. The standard InChI is InChI=1S/C23H51NO6Si2/c1-7-25-31(26-8-2,27-9-3)21-13-15-23-16-19-24(20-17-23)18-14-22-32(28-10-4,29-11-5)30-12-6/h23H,7-22H2,1-6H3. The number of hydrogen-bond donors (Lipinski definition) is 0. The zero-order chi connectivity index (χ0) is 23.7. The van der Waals surface area contributed by atoms with Crippen LogP contribution in [0.2, 0.25) is 12.1 Å². The zero-order valence-corrected chi connectivity index (χ0v) is 23.8. The van der Waals surface area contributed by atoms with Crippen molar-refractivity contribution in [1.29, 1.82) is 0 Å². The molecule has 7 nitrogen and oxygen atoms in total. The first kappa shape index (κ1) is 30.2. The number of piperidine rings is 1. The minimum atomic E-state index is -2.51. The summed E-state index contributed by atoms with van der Waals surface area (Å²) < 4.78 is 36.0. The van der Waals surface area contributed by atoms with Crippen LogP contribution in [0.4, 0.5) is 0 Å². The quantitative estimate of drug-likeness (QED) is 0.222. The van der Waals surface area contributed by atoms with E-state index in [1.54, 1.807) is 0 Å². The van der Waals surface area contributed by atoms with E-state index in [-0.39, 0.29) is 0 Å². The summed E-state index contributed by atoms with van der Waals surface area (Å²) in [4.78, 5) is 2.60. The Kier molecular flexibility index (Phi) is 16.6. The fourth-order valence-corrected chi connectivity index (χ4v) is 9.86. The van der Waals surface area contributed by atoms with Crippen LogP contribution in [0.5, 0.6) is 0 Å². The van der Waals surface area contributed by atoms with Crippen LogP contribution in [0, 0.1) is 5.92 Å². The molecule has 1 heterocycles. The molecule has 9 heteroatoms. The van der Waals surface area contributed by atoms with Crippen LogP contribution >= 0.6 is 0 Å². The van der Waals surface area contributed by atoms with Crippen LogP contribution in [-0.4, -0.2) is 81.8 Å². The lowest BCUT2D eigenvalue weighted by Gasteiger charge is -2.34. The third-order valence-corrected chi connectivity index (χ3v) is 12.2. The van der Waals surface area contributed by atoms with E-state index < -0.39 is 17.6 Å². The Morgan fingerprint density at radius 2 is 0.969 bits per heavy atom. The van der Waals surface area contributed by atoms with Crippen LogP contribution in [0.25, 0.3) is 0 Å². The highest BCUT2D eigenvalue weighted by atomic mass is 28.4. The third-order valence-electron chi connectivity index (χ3n) is 5.95. The van der Waals surface area contributed by atoms with Crippen molar-refractivity contribution >= 4 is 17.6 Å². The fourth-order valence-electron chi connectivity index (χ4n) is 4.63. The van der Waals surface area contributed by atoms with Gasteiger partial charge < -0.3 is 31.5 Å². The minimum Gasteiger partial charge on any atom is -0.374 e. The lowest BCUT2D eigenvalue weighted by Crippen LogP contribution is -2.46. The van der Waals surface area contributed by atoms with Gasteiger partial charge in [0.1, 0.15) is 0 Å².